The molecule has 4 aliphatic rings. The van der Waals surface area contributed by atoms with Crippen LogP contribution < -0.4 is 0 Å². The first-order valence-corrected chi connectivity index (χ1v) is 8.46. The second kappa shape index (κ2) is 5.24. The van der Waals surface area contributed by atoms with E-state index in [0.29, 0.717) is 12.3 Å². The molecule has 4 fully saturated rings. The fraction of sp³-hybridized carbons (Fsp3) is 0.632. The predicted molar refractivity (Wildman–Crippen MR) is 81.6 cm³/mol. The van der Waals surface area contributed by atoms with Gasteiger partial charge in [-0.3, -0.25) is 4.79 Å². The van der Waals surface area contributed by atoms with Gasteiger partial charge in [0.25, 0.3) is 0 Å². The highest BCUT2D eigenvalue weighted by Gasteiger charge is 2.48. The van der Waals surface area contributed by atoms with Gasteiger partial charge in [-0.25, -0.2) is 0 Å². The maximum absolute atomic E-state index is 12.5. The van der Waals surface area contributed by atoms with Gasteiger partial charge >= 0.3 is 0 Å². The predicted octanol–water partition coefficient (Wildman–Crippen LogP) is 3.75. The number of benzene rings is 1. The molecule has 0 aliphatic heterocycles. The van der Waals surface area contributed by atoms with Crippen molar-refractivity contribution < 1.29 is 9.90 Å². The summed E-state index contributed by atoms with van der Waals surface area (Å²) in [6.07, 6.45) is 6.46. The number of hydrogen-bond donors (Lipinski definition) is 1. The molecule has 0 spiro atoms. The quantitative estimate of drug-likeness (QED) is 0.914. The van der Waals surface area contributed by atoms with Crippen LogP contribution in [-0.4, -0.2) is 10.9 Å². The molecule has 1 atom stereocenters. The maximum atomic E-state index is 12.5. The molecule has 21 heavy (non-hydrogen) atoms. The highest BCUT2D eigenvalue weighted by atomic mass is 16.3. The molecule has 0 amide bonds. The van der Waals surface area contributed by atoms with Crippen LogP contribution in [0.4, 0.5) is 0 Å². The molecule has 5 rings (SSSR count). The number of carbonyl (C=O) groups excluding carboxylic acids is 1. The van der Waals surface area contributed by atoms with Crippen molar-refractivity contribution in [2.45, 2.75) is 44.6 Å². The summed E-state index contributed by atoms with van der Waals surface area (Å²) in [6, 6.07) is 9.38. The fourth-order valence-corrected chi connectivity index (χ4v) is 5.54. The summed E-state index contributed by atoms with van der Waals surface area (Å²) >= 11 is 0. The lowest BCUT2D eigenvalue weighted by atomic mass is 9.51. The molecule has 1 N–H and O–H groups in total. The summed E-state index contributed by atoms with van der Waals surface area (Å²) in [5.41, 5.74) is 0.742. The third kappa shape index (κ3) is 2.44. The van der Waals surface area contributed by atoms with Crippen molar-refractivity contribution in [3.05, 3.63) is 35.9 Å². The molecule has 1 unspecified atom stereocenters. The van der Waals surface area contributed by atoms with Crippen LogP contribution in [0.5, 0.6) is 0 Å². The molecule has 4 bridgehead atoms. The lowest BCUT2D eigenvalue weighted by Crippen LogP contribution is -2.45. The number of hydrogen-bond acceptors (Lipinski definition) is 2. The van der Waals surface area contributed by atoms with Gasteiger partial charge in [-0.15, -0.1) is 0 Å². The molecule has 2 nitrogen and oxygen atoms in total. The van der Waals surface area contributed by atoms with Crippen molar-refractivity contribution >= 4 is 5.78 Å². The maximum Gasteiger partial charge on any atom is 0.166 e. The van der Waals surface area contributed by atoms with Gasteiger partial charge in [0, 0.05) is 6.42 Å². The average Bonchev–Trinajstić information content (AvgIpc) is 2.50. The Kier molecular flexibility index (Phi) is 3.37. The van der Waals surface area contributed by atoms with Gasteiger partial charge in [0.1, 0.15) is 6.10 Å². The van der Waals surface area contributed by atoms with Gasteiger partial charge in [-0.1, -0.05) is 30.3 Å². The highest BCUT2D eigenvalue weighted by molar-refractivity contribution is 5.84. The SMILES string of the molecule is O=C(CC1C2CC3CC(C2)CC1C3)C(O)c1ccccc1. The van der Waals surface area contributed by atoms with Crippen molar-refractivity contribution in [1.29, 1.82) is 0 Å². The number of aliphatic hydroxyl groups excluding tert-OH is 1. The molecule has 2 heteroatoms. The molecule has 0 aromatic heterocycles. The van der Waals surface area contributed by atoms with E-state index in [4.69, 9.17) is 0 Å². The Hall–Kier alpha value is -1.15. The van der Waals surface area contributed by atoms with E-state index in [9.17, 15) is 9.90 Å². The molecular formula is C19H24O2. The molecule has 4 saturated carbocycles. The first kappa shape index (κ1) is 13.5. The first-order chi connectivity index (χ1) is 10.2. The van der Waals surface area contributed by atoms with Gasteiger partial charge in [0.05, 0.1) is 0 Å². The molecule has 0 saturated heterocycles. The summed E-state index contributed by atoms with van der Waals surface area (Å²) in [5, 5.41) is 10.3. The van der Waals surface area contributed by atoms with Crippen molar-refractivity contribution in [3.8, 4) is 0 Å². The molecule has 1 aromatic rings. The third-order valence-corrected chi connectivity index (χ3v) is 6.28. The fourth-order valence-electron chi connectivity index (χ4n) is 5.54. The molecule has 4 aliphatic carbocycles. The van der Waals surface area contributed by atoms with Crippen molar-refractivity contribution in [1.82, 2.24) is 0 Å². The van der Waals surface area contributed by atoms with Gasteiger partial charge in [0.2, 0.25) is 0 Å². The Labute approximate surface area is 126 Å². The second-order valence-corrected chi connectivity index (χ2v) is 7.58. The topological polar surface area (TPSA) is 37.3 Å². The minimum atomic E-state index is -0.927. The zero-order valence-electron chi connectivity index (χ0n) is 12.4. The van der Waals surface area contributed by atoms with Gasteiger partial charge < -0.3 is 5.11 Å². The van der Waals surface area contributed by atoms with E-state index in [-0.39, 0.29) is 5.78 Å². The van der Waals surface area contributed by atoms with Gasteiger partial charge in [0.15, 0.2) is 5.78 Å². The summed E-state index contributed by atoms with van der Waals surface area (Å²) in [5.74, 6) is 3.97. The van der Waals surface area contributed by atoms with Gasteiger partial charge in [-0.05, 0) is 67.3 Å². The second-order valence-electron chi connectivity index (χ2n) is 7.58. The minimum Gasteiger partial charge on any atom is -0.381 e. The van der Waals surface area contributed by atoms with Crippen LogP contribution in [0.25, 0.3) is 0 Å². The number of rotatable bonds is 4. The Morgan fingerprint density at radius 2 is 1.57 bits per heavy atom. The Bertz CT molecular complexity index is 494. The summed E-state index contributed by atoms with van der Waals surface area (Å²) < 4.78 is 0. The third-order valence-electron chi connectivity index (χ3n) is 6.28. The number of carbonyl (C=O) groups is 1. The van der Waals surface area contributed by atoms with Crippen LogP contribution in [-0.2, 0) is 4.79 Å². The Morgan fingerprint density at radius 3 is 2.14 bits per heavy atom. The van der Waals surface area contributed by atoms with Gasteiger partial charge in [-0.2, -0.15) is 0 Å². The molecule has 112 valence electrons. The first-order valence-electron chi connectivity index (χ1n) is 8.46. The number of ketones is 1. The van der Waals surface area contributed by atoms with Crippen molar-refractivity contribution in [2.24, 2.45) is 29.6 Å². The summed E-state index contributed by atoms with van der Waals surface area (Å²) in [7, 11) is 0. The minimum absolute atomic E-state index is 0.0265. The largest absolute Gasteiger partial charge is 0.381 e. The normalized spacial score (nSPS) is 38.4. The van der Waals surface area contributed by atoms with E-state index in [0.717, 1.165) is 29.2 Å². The van der Waals surface area contributed by atoms with Crippen molar-refractivity contribution in [2.75, 3.05) is 0 Å². The average molecular weight is 284 g/mol. The zero-order chi connectivity index (χ0) is 14.4. The standard InChI is InChI=1S/C19H24O2/c20-18(19(21)14-4-2-1-3-5-14)11-17-15-7-12-6-13(9-15)10-16(17)8-12/h1-5,12-13,15-17,19,21H,6-11H2. The van der Waals surface area contributed by atoms with E-state index in [2.05, 4.69) is 0 Å². The van der Waals surface area contributed by atoms with Crippen LogP contribution in [0.15, 0.2) is 30.3 Å². The Morgan fingerprint density at radius 1 is 1.00 bits per heavy atom. The monoisotopic (exact) mass is 284 g/mol. The van der Waals surface area contributed by atoms with Crippen LogP contribution in [0.2, 0.25) is 0 Å². The summed E-state index contributed by atoms with van der Waals surface area (Å²) in [6.45, 7) is 0. The van der Waals surface area contributed by atoms with Crippen LogP contribution in [0.3, 0.4) is 0 Å². The van der Waals surface area contributed by atoms with Crippen LogP contribution in [0.1, 0.15) is 50.2 Å². The van der Waals surface area contributed by atoms with E-state index < -0.39 is 6.10 Å². The molecule has 0 radical (unpaired) electrons. The van der Waals surface area contributed by atoms with E-state index in [1.807, 2.05) is 30.3 Å². The lowest BCUT2D eigenvalue weighted by Gasteiger charge is -2.54. The summed E-state index contributed by atoms with van der Waals surface area (Å²) in [4.78, 5) is 12.5. The molecular weight excluding hydrogens is 260 g/mol. The van der Waals surface area contributed by atoms with Crippen LogP contribution in [0, 0.1) is 29.6 Å². The molecule has 0 heterocycles. The zero-order valence-corrected chi connectivity index (χ0v) is 12.4. The number of aliphatic hydroxyl groups is 1. The van der Waals surface area contributed by atoms with E-state index in [1.165, 1.54) is 32.1 Å². The Balaban J connectivity index is 1.45. The van der Waals surface area contributed by atoms with Crippen molar-refractivity contribution in [3.63, 3.8) is 0 Å². The smallest absolute Gasteiger partial charge is 0.166 e. The molecule has 1 aromatic carbocycles. The van der Waals surface area contributed by atoms with Crippen LogP contribution >= 0.6 is 0 Å². The number of Topliss-reactive ketones (excluding diaryl/α,β-unsaturated/α-hetero) is 1. The van der Waals surface area contributed by atoms with E-state index in [1.54, 1.807) is 0 Å². The highest BCUT2D eigenvalue weighted by Crippen LogP contribution is 2.57. The lowest BCUT2D eigenvalue weighted by molar-refractivity contribution is -0.132. The van der Waals surface area contributed by atoms with E-state index >= 15 is 0 Å².